The van der Waals surface area contributed by atoms with E-state index in [-0.39, 0.29) is 5.82 Å². The Morgan fingerprint density at radius 3 is 2.75 bits per heavy atom. The van der Waals surface area contributed by atoms with Gasteiger partial charge in [0.25, 0.3) is 0 Å². The number of piperazine rings is 1. The van der Waals surface area contributed by atoms with E-state index in [9.17, 15) is 4.39 Å². The van der Waals surface area contributed by atoms with E-state index < -0.39 is 0 Å². The van der Waals surface area contributed by atoms with Crippen molar-refractivity contribution in [2.75, 3.05) is 26.2 Å². The number of hydrogen-bond acceptors (Lipinski definition) is 2. The molecular formula is C17H27FN2. The van der Waals surface area contributed by atoms with Crippen molar-refractivity contribution >= 4 is 0 Å². The third-order valence-corrected chi connectivity index (χ3v) is 4.31. The van der Waals surface area contributed by atoms with E-state index in [1.54, 1.807) is 12.1 Å². The molecule has 1 aromatic carbocycles. The van der Waals surface area contributed by atoms with Crippen molar-refractivity contribution in [1.82, 2.24) is 10.2 Å². The number of aryl methyl sites for hydroxylation is 1. The standard InChI is InChI=1S/C17H27FN2/c1-13-11-15(18)6-5-14(13)7-9-20-10-8-19-16(12-20)17(2,3)4/h5-6,11,16,19H,7-10,12H2,1-4H3. The number of hydrogen-bond donors (Lipinski definition) is 1. The van der Waals surface area contributed by atoms with Gasteiger partial charge in [0.05, 0.1) is 0 Å². The number of benzene rings is 1. The molecule has 0 aromatic heterocycles. The van der Waals surface area contributed by atoms with Crippen molar-refractivity contribution in [3.05, 3.63) is 35.1 Å². The first kappa shape index (κ1) is 15.5. The average molecular weight is 278 g/mol. The Kier molecular flexibility index (Phi) is 4.82. The molecule has 1 aliphatic heterocycles. The molecule has 112 valence electrons. The molecule has 3 heteroatoms. The highest BCUT2D eigenvalue weighted by Gasteiger charge is 2.28. The molecule has 0 spiro atoms. The number of nitrogens with zero attached hydrogens (tertiary/aromatic N) is 1. The number of rotatable bonds is 3. The van der Waals surface area contributed by atoms with Gasteiger partial charge >= 0.3 is 0 Å². The summed E-state index contributed by atoms with van der Waals surface area (Å²) in [6.45, 7) is 13.2. The van der Waals surface area contributed by atoms with Crippen molar-refractivity contribution in [1.29, 1.82) is 0 Å². The van der Waals surface area contributed by atoms with Crippen LogP contribution in [0.2, 0.25) is 0 Å². The molecule has 1 N–H and O–H groups in total. The summed E-state index contributed by atoms with van der Waals surface area (Å²) in [7, 11) is 0. The van der Waals surface area contributed by atoms with Gasteiger partial charge in [0.2, 0.25) is 0 Å². The Morgan fingerprint density at radius 2 is 2.10 bits per heavy atom. The quantitative estimate of drug-likeness (QED) is 0.914. The van der Waals surface area contributed by atoms with Crippen molar-refractivity contribution in [3.63, 3.8) is 0 Å². The second kappa shape index (κ2) is 6.23. The minimum Gasteiger partial charge on any atom is -0.311 e. The van der Waals surface area contributed by atoms with Crippen molar-refractivity contribution in [2.24, 2.45) is 5.41 Å². The highest BCUT2D eigenvalue weighted by molar-refractivity contribution is 5.26. The summed E-state index contributed by atoms with van der Waals surface area (Å²) in [6.07, 6.45) is 1.00. The van der Waals surface area contributed by atoms with Crippen LogP contribution in [0.4, 0.5) is 4.39 Å². The molecule has 2 nitrogen and oxygen atoms in total. The molecule has 0 amide bonds. The monoisotopic (exact) mass is 278 g/mol. The van der Waals surface area contributed by atoms with Crippen LogP contribution in [-0.2, 0) is 6.42 Å². The largest absolute Gasteiger partial charge is 0.311 e. The van der Waals surface area contributed by atoms with Crippen molar-refractivity contribution < 1.29 is 4.39 Å². The van der Waals surface area contributed by atoms with Crippen LogP contribution in [0, 0.1) is 18.2 Å². The summed E-state index contributed by atoms with van der Waals surface area (Å²) in [5, 5.41) is 3.61. The van der Waals surface area contributed by atoms with Gasteiger partial charge in [-0.25, -0.2) is 4.39 Å². The lowest BCUT2D eigenvalue weighted by Gasteiger charge is -2.40. The van der Waals surface area contributed by atoms with Gasteiger partial charge in [0.15, 0.2) is 0 Å². The van der Waals surface area contributed by atoms with Gasteiger partial charge in [-0.2, -0.15) is 0 Å². The molecule has 1 saturated heterocycles. The van der Waals surface area contributed by atoms with Gasteiger partial charge in [-0.05, 0) is 42.0 Å². The zero-order valence-corrected chi connectivity index (χ0v) is 13.2. The number of halogens is 1. The minimum absolute atomic E-state index is 0.138. The normalized spacial score (nSPS) is 21.1. The van der Waals surface area contributed by atoms with E-state index in [2.05, 4.69) is 31.0 Å². The Balaban J connectivity index is 1.90. The fraction of sp³-hybridized carbons (Fsp3) is 0.647. The molecule has 0 radical (unpaired) electrons. The molecule has 0 saturated carbocycles. The van der Waals surface area contributed by atoms with E-state index in [4.69, 9.17) is 0 Å². The maximum atomic E-state index is 13.1. The molecule has 1 unspecified atom stereocenters. The smallest absolute Gasteiger partial charge is 0.123 e. The first-order valence-electron chi connectivity index (χ1n) is 7.57. The molecule has 1 aromatic rings. The van der Waals surface area contributed by atoms with Crippen molar-refractivity contribution in [3.8, 4) is 0 Å². The van der Waals surface area contributed by atoms with Crippen LogP contribution in [0.1, 0.15) is 31.9 Å². The maximum Gasteiger partial charge on any atom is 0.123 e. The summed E-state index contributed by atoms with van der Waals surface area (Å²) in [6, 6.07) is 5.67. The van der Waals surface area contributed by atoms with Gasteiger partial charge in [-0.3, -0.25) is 0 Å². The highest BCUT2D eigenvalue weighted by atomic mass is 19.1. The van der Waals surface area contributed by atoms with Gasteiger partial charge in [-0.1, -0.05) is 26.8 Å². The SMILES string of the molecule is Cc1cc(F)ccc1CCN1CCNC(C(C)(C)C)C1. The topological polar surface area (TPSA) is 15.3 Å². The summed E-state index contributed by atoms with van der Waals surface area (Å²) in [5.74, 6) is -0.138. The lowest BCUT2D eigenvalue weighted by Crippen LogP contribution is -2.56. The summed E-state index contributed by atoms with van der Waals surface area (Å²) in [4.78, 5) is 2.52. The predicted molar refractivity (Wildman–Crippen MR) is 82.5 cm³/mol. The summed E-state index contributed by atoms with van der Waals surface area (Å²) >= 11 is 0. The maximum absolute atomic E-state index is 13.1. The second-order valence-electron chi connectivity index (χ2n) is 6.99. The zero-order valence-electron chi connectivity index (χ0n) is 13.2. The predicted octanol–water partition coefficient (Wildman–Crippen LogP) is 3.00. The van der Waals surface area contributed by atoms with Crippen LogP contribution < -0.4 is 5.32 Å². The van der Waals surface area contributed by atoms with E-state index in [1.807, 2.05) is 13.0 Å². The highest BCUT2D eigenvalue weighted by Crippen LogP contribution is 2.22. The van der Waals surface area contributed by atoms with Crippen molar-refractivity contribution in [2.45, 2.75) is 40.2 Å². The second-order valence-corrected chi connectivity index (χ2v) is 6.99. The fourth-order valence-corrected chi connectivity index (χ4v) is 2.81. The van der Waals surface area contributed by atoms with E-state index in [0.29, 0.717) is 11.5 Å². The third kappa shape index (κ3) is 4.03. The Bertz CT molecular complexity index is 451. The van der Waals surface area contributed by atoms with Crippen LogP contribution >= 0.6 is 0 Å². The summed E-state index contributed by atoms with van der Waals surface area (Å²) < 4.78 is 13.1. The van der Waals surface area contributed by atoms with Gasteiger partial charge in [0, 0.05) is 32.2 Å². The van der Waals surface area contributed by atoms with Crippen LogP contribution in [0.15, 0.2) is 18.2 Å². The fourth-order valence-electron chi connectivity index (χ4n) is 2.81. The van der Waals surface area contributed by atoms with Gasteiger partial charge in [-0.15, -0.1) is 0 Å². The first-order valence-corrected chi connectivity index (χ1v) is 7.57. The molecule has 2 rings (SSSR count). The molecule has 1 atom stereocenters. The number of nitrogens with one attached hydrogen (secondary N) is 1. The van der Waals surface area contributed by atoms with E-state index in [0.717, 1.165) is 38.2 Å². The average Bonchev–Trinajstić information content (AvgIpc) is 2.37. The Labute approximate surface area is 122 Å². The van der Waals surface area contributed by atoms with E-state index >= 15 is 0 Å². The van der Waals surface area contributed by atoms with Crippen LogP contribution in [0.25, 0.3) is 0 Å². The molecule has 0 bridgehead atoms. The van der Waals surface area contributed by atoms with Gasteiger partial charge < -0.3 is 10.2 Å². The van der Waals surface area contributed by atoms with Gasteiger partial charge in [0.1, 0.15) is 5.82 Å². The zero-order chi connectivity index (χ0) is 14.8. The van der Waals surface area contributed by atoms with Crippen LogP contribution in [-0.4, -0.2) is 37.1 Å². The molecule has 20 heavy (non-hydrogen) atoms. The molecule has 1 heterocycles. The van der Waals surface area contributed by atoms with E-state index in [1.165, 1.54) is 5.56 Å². The molecular weight excluding hydrogens is 251 g/mol. The molecule has 1 fully saturated rings. The van der Waals surface area contributed by atoms with Crippen LogP contribution in [0.3, 0.4) is 0 Å². The lowest BCUT2D eigenvalue weighted by molar-refractivity contribution is 0.135. The minimum atomic E-state index is -0.138. The van der Waals surface area contributed by atoms with Crippen LogP contribution in [0.5, 0.6) is 0 Å². The Hall–Kier alpha value is -0.930. The molecule has 1 aliphatic rings. The first-order chi connectivity index (χ1) is 9.36. The molecule has 0 aliphatic carbocycles. The summed E-state index contributed by atoms with van der Waals surface area (Å²) in [5.41, 5.74) is 2.62. The Morgan fingerprint density at radius 1 is 1.35 bits per heavy atom. The lowest BCUT2D eigenvalue weighted by atomic mass is 9.85. The third-order valence-electron chi connectivity index (χ3n) is 4.31.